The highest BCUT2D eigenvalue weighted by molar-refractivity contribution is 7.99. The van der Waals surface area contributed by atoms with Crippen molar-refractivity contribution in [3.05, 3.63) is 41.2 Å². The summed E-state index contributed by atoms with van der Waals surface area (Å²) in [6.45, 7) is 8.89. The number of aliphatic hydroxyl groups excluding tert-OH is 1. The highest BCUT2D eigenvalue weighted by atomic mass is 32.2. The first kappa shape index (κ1) is 20.2. The molecule has 4 N–H and O–H groups in total. The van der Waals surface area contributed by atoms with Crippen LogP contribution in [-0.2, 0) is 0 Å². The number of guanidine groups is 1. The van der Waals surface area contributed by atoms with E-state index >= 15 is 0 Å². The van der Waals surface area contributed by atoms with Gasteiger partial charge in [0.25, 0.3) is 0 Å². The minimum Gasteiger partial charge on any atom is -0.512 e. The Hall–Kier alpha value is -2.15. The van der Waals surface area contributed by atoms with Gasteiger partial charge in [-0.15, -0.1) is 11.8 Å². The van der Waals surface area contributed by atoms with Crippen molar-refractivity contribution >= 4 is 29.1 Å². The average molecular weight is 376 g/mol. The van der Waals surface area contributed by atoms with Gasteiger partial charge < -0.3 is 25.6 Å². The van der Waals surface area contributed by atoms with Crippen LogP contribution in [0.5, 0.6) is 0 Å². The van der Waals surface area contributed by atoms with Crippen molar-refractivity contribution in [2.24, 2.45) is 0 Å². The lowest BCUT2D eigenvalue weighted by Gasteiger charge is -2.37. The number of hydrogen-bond acceptors (Lipinski definition) is 5. The molecule has 0 atom stereocenters. The number of nitrogens with one attached hydrogen (secondary N) is 3. The summed E-state index contributed by atoms with van der Waals surface area (Å²) in [5.74, 6) is 1.80. The fraction of sp³-hybridized carbons (Fsp3) is 0.474. The first-order chi connectivity index (χ1) is 12.4. The molecule has 0 radical (unpaired) electrons. The third-order valence-corrected chi connectivity index (χ3v) is 5.37. The summed E-state index contributed by atoms with van der Waals surface area (Å²) in [4.78, 5) is 4.44. The standard InChI is InChI=1S/C19H29N5OS/c1-14-6-4-5-7-18(14)23-8-10-24(11-9-23)19(21)22-13-26-12-17(15(2)20)16(3)25/h4-7,20,25H,8-13H2,1-3H3,(H2,21,22)/b17-16-,20-15?. The molecule has 0 spiro atoms. The number of hydrogen-bond donors (Lipinski definition) is 4. The molecule has 1 fully saturated rings. The summed E-state index contributed by atoms with van der Waals surface area (Å²) in [7, 11) is 0. The molecule has 142 valence electrons. The number of rotatable bonds is 6. The Morgan fingerprint density at radius 1 is 1.15 bits per heavy atom. The molecular weight excluding hydrogens is 346 g/mol. The zero-order chi connectivity index (χ0) is 19.1. The Labute approximate surface area is 160 Å². The average Bonchev–Trinajstić information content (AvgIpc) is 2.61. The van der Waals surface area contributed by atoms with Crippen molar-refractivity contribution in [2.45, 2.75) is 20.8 Å². The lowest BCUT2D eigenvalue weighted by Crippen LogP contribution is -2.52. The summed E-state index contributed by atoms with van der Waals surface area (Å²) in [5.41, 5.74) is 3.62. The zero-order valence-electron chi connectivity index (χ0n) is 15.8. The first-order valence-electron chi connectivity index (χ1n) is 8.80. The predicted molar refractivity (Wildman–Crippen MR) is 112 cm³/mol. The molecule has 26 heavy (non-hydrogen) atoms. The number of nitrogens with zero attached hydrogens (tertiary/aromatic N) is 2. The third kappa shape index (κ3) is 5.42. The van der Waals surface area contributed by atoms with E-state index in [2.05, 4.69) is 46.3 Å². The molecule has 6 nitrogen and oxygen atoms in total. The van der Waals surface area contributed by atoms with Crippen molar-refractivity contribution < 1.29 is 5.11 Å². The number of anilines is 1. The lowest BCUT2D eigenvalue weighted by molar-refractivity contribution is 0.373. The third-order valence-electron chi connectivity index (χ3n) is 4.53. The monoisotopic (exact) mass is 375 g/mol. The number of benzene rings is 1. The molecule has 0 aliphatic carbocycles. The predicted octanol–water partition coefficient (Wildman–Crippen LogP) is 3.20. The van der Waals surface area contributed by atoms with Crippen LogP contribution in [0.4, 0.5) is 5.69 Å². The van der Waals surface area contributed by atoms with E-state index in [0.29, 0.717) is 28.9 Å². The molecule has 0 unspecified atom stereocenters. The fourth-order valence-electron chi connectivity index (χ4n) is 2.96. The SMILES string of the molecule is CC(=N)/C(CSCNC(=N)N1CCN(c2ccccc2C)CC1)=C(/C)O. The molecule has 2 rings (SSSR count). The van der Waals surface area contributed by atoms with Gasteiger partial charge in [0.1, 0.15) is 0 Å². The van der Waals surface area contributed by atoms with Gasteiger partial charge in [-0.05, 0) is 32.4 Å². The van der Waals surface area contributed by atoms with E-state index in [1.807, 2.05) is 0 Å². The summed E-state index contributed by atoms with van der Waals surface area (Å²) in [5, 5.41) is 28.6. The van der Waals surface area contributed by atoms with Gasteiger partial charge in [-0.1, -0.05) is 18.2 Å². The van der Waals surface area contributed by atoms with E-state index in [1.165, 1.54) is 11.3 Å². The zero-order valence-corrected chi connectivity index (χ0v) is 16.6. The summed E-state index contributed by atoms with van der Waals surface area (Å²) in [6, 6.07) is 8.42. The topological polar surface area (TPSA) is 86.4 Å². The van der Waals surface area contributed by atoms with Gasteiger partial charge in [-0.2, -0.15) is 0 Å². The summed E-state index contributed by atoms with van der Waals surface area (Å²) < 4.78 is 0. The van der Waals surface area contributed by atoms with Crippen LogP contribution in [0.15, 0.2) is 35.6 Å². The second-order valence-corrected chi connectivity index (χ2v) is 7.45. The molecule has 7 heteroatoms. The summed E-state index contributed by atoms with van der Waals surface area (Å²) >= 11 is 1.56. The number of aryl methyl sites for hydroxylation is 1. The molecular formula is C19H29N5OS. The Morgan fingerprint density at radius 2 is 1.81 bits per heavy atom. The van der Waals surface area contributed by atoms with Crippen LogP contribution >= 0.6 is 11.8 Å². The van der Waals surface area contributed by atoms with Crippen LogP contribution in [-0.4, -0.2) is 59.5 Å². The second kappa shape index (κ2) is 9.52. The summed E-state index contributed by atoms with van der Waals surface area (Å²) in [6.07, 6.45) is 0. The van der Waals surface area contributed by atoms with E-state index in [1.54, 1.807) is 25.6 Å². The van der Waals surface area contributed by atoms with Crippen molar-refractivity contribution in [3.63, 3.8) is 0 Å². The Balaban J connectivity index is 1.74. The van der Waals surface area contributed by atoms with E-state index in [-0.39, 0.29) is 5.76 Å². The van der Waals surface area contributed by atoms with Crippen molar-refractivity contribution in [2.75, 3.05) is 42.7 Å². The maximum Gasteiger partial charge on any atom is 0.191 e. The van der Waals surface area contributed by atoms with Gasteiger partial charge in [0.2, 0.25) is 0 Å². The maximum atomic E-state index is 9.58. The van der Waals surface area contributed by atoms with E-state index in [4.69, 9.17) is 10.8 Å². The van der Waals surface area contributed by atoms with Gasteiger partial charge in [-0.3, -0.25) is 5.41 Å². The minimum absolute atomic E-state index is 0.201. The van der Waals surface area contributed by atoms with Gasteiger partial charge in [-0.25, -0.2) is 0 Å². The largest absolute Gasteiger partial charge is 0.512 e. The van der Waals surface area contributed by atoms with Gasteiger partial charge >= 0.3 is 0 Å². The van der Waals surface area contributed by atoms with Crippen LogP contribution in [0.1, 0.15) is 19.4 Å². The first-order valence-corrected chi connectivity index (χ1v) is 9.95. The van der Waals surface area contributed by atoms with E-state index < -0.39 is 0 Å². The molecule has 0 saturated carbocycles. The number of thioether (sulfide) groups is 1. The maximum absolute atomic E-state index is 9.58. The Bertz CT molecular complexity index is 676. The quantitative estimate of drug-likeness (QED) is 0.202. The molecule has 0 amide bonds. The van der Waals surface area contributed by atoms with Crippen molar-refractivity contribution in [1.82, 2.24) is 10.2 Å². The van der Waals surface area contributed by atoms with Crippen LogP contribution in [0.25, 0.3) is 0 Å². The van der Waals surface area contributed by atoms with Gasteiger partial charge in [0, 0.05) is 48.9 Å². The van der Waals surface area contributed by atoms with Crippen LogP contribution in [0.3, 0.4) is 0 Å². The number of piperazine rings is 1. The van der Waals surface area contributed by atoms with Crippen LogP contribution in [0.2, 0.25) is 0 Å². The second-order valence-electron chi connectivity index (χ2n) is 6.47. The number of aliphatic hydroxyl groups is 1. The van der Waals surface area contributed by atoms with E-state index in [9.17, 15) is 5.11 Å². The molecule has 1 saturated heterocycles. The smallest absolute Gasteiger partial charge is 0.191 e. The fourth-order valence-corrected chi connectivity index (χ4v) is 3.93. The number of para-hydroxylation sites is 1. The molecule has 1 aromatic carbocycles. The Morgan fingerprint density at radius 3 is 2.38 bits per heavy atom. The normalized spacial score (nSPS) is 15.5. The lowest BCUT2D eigenvalue weighted by atomic mass is 10.1. The van der Waals surface area contributed by atoms with E-state index in [0.717, 1.165) is 26.2 Å². The van der Waals surface area contributed by atoms with Crippen LogP contribution < -0.4 is 10.2 Å². The highest BCUT2D eigenvalue weighted by Gasteiger charge is 2.20. The Kier molecular flexibility index (Phi) is 7.38. The van der Waals surface area contributed by atoms with Crippen molar-refractivity contribution in [3.8, 4) is 0 Å². The van der Waals surface area contributed by atoms with Gasteiger partial charge in [0.15, 0.2) is 5.96 Å². The molecule has 0 bridgehead atoms. The molecule has 0 aromatic heterocycles. The minimum atomic E-state index is 0.201. The van der Waals surface area contributed by atoms with Gasteiger partial charge in [0.05, 0.1) is 11.6 Å². The van der Waals surface area contributed by atoms with Crippen LogP contribution in [0, 0.1) is 17.7 Å². The highest BCUT2D eigenvalue weighted by Crippen LogP contribution is 2.20. The number of allylic oxidation sites excluding steroid dienone is 1. The molecule has 1 aromatic rings. The molecule has 1 aliphatic heterocycles. The molecule has 1 heterocycles. The molecule has 1 aliphatic rings. The van der Waals surface area contributed by atoms with Crippen molar-refractivity contribution in [1.29, 1.82) is 10.8 Å².